The zero-order valence-corrected chi connectivity index (χ0v) is 10.8. The summed E-state index contributed by atoms with van der Waals surface area (Å²) >= 11 is 11.9. The van der Waals surface area contributed by atoms with Gasteiger partial charge in [0.2, 0.25) is 0 Å². The van der Waals surface area contributed by atoms with Crippen molar-refractivity contribution in [3.05, 3.63) is 33.8 Å². The Morgan fingerprint density at radius 2 is 2.00 bits per heavy atom. The Kier molecular flexibility index (Phi) is 4.78. The van der Waals surface area contributed by atoms with E-state index in [1.54, 1.807) is 18.2 Å². The standard InChI is InChI=1S/C12H15Cl2NO/c1-7(2)12(15)10(16)6-8-4-3-5-9(13)11(8)14/h3-5,7,12H,6,15H2,1-2H3. The van der Waals surface area contributed by atoms with Crippen LogP contribution in [0.4, 0.5) is 0 Å². The van der Waals surface area contributed by atoms with E-state index in [1.165, 1.54) is 0 Å². The quantitative estimate of drug-likeness (QED) is 0.903. The molecule has 2 nitrogen and oxygen atoms in total. The van der Waals surface area contributed by atoms with Crippen molar-refractivity contribution in [2.45, 2.75) is 26.3 Å². The van der Waals surface area contributed by atoms with E-state index in [2.05, 4.69) is 0 Å². The van der Waals surface area contributed by atoms with Crippen molar-refractivity contribution >= 4 is 29.0 Å². The van der Waals surface area contributed by atoms with Gasteiger partial charge in [0.05, 0.1) is 16.1 Å². The maximum Gasteiger partial charge on any atom is 0.154 e. The molecule has 0 saturated heterocycles. The van der Waals surface area contributed by atoms with Gasteiger partial charge in [0.25, 0.3) is 0 Å². The molecule has 0 fully saturated rings. The second-order valence-electron chi connectivity index (χ2n) is 4.13. The molecule has 16 heavy (non-hydrogen) atoms. The zero-order valence-electron chi connectivity index (χ0n) is 9.34. The van der Waals surface area contributed by atoms with Crippen molar-refractivity contribution in [1.29, 1.82) is 0 Å². The molecule has 2 N–H and O–H groups in total. The molecule has 0 spiro atoms. The fourth-order valence-electron chi connectivity index (χ4n) is 1.36. The van der Waals surface area contributed by atoms with Crippen molar-refractivity contribution in [1.82, 2.24) is 0 Å². The average molecular weight is 260 g/mol. The number of halogens is 2. The topological polar surface area (TPSA) is 43.1 Å². The van der Waals surface area contributed by atoms with E-state index in [9.17, 15) is 4.79 Å². The van der Waals surface area contributed by atoms with Crippen molar-refractivity contribution in [3.63, 3.8) is 0 Å². The normalized spacial score (nSPS) is 12.9. The summed E-state index contributed by atoms with van der Waals surface area (Å²) < 4.78 is 0. The lowest BCUT2D eigenvalue weighted by molar-refractivity contribution is -0.120. The van der Waals surface area contributed by atoms with Crippen molar-refractivity contribution < 1.29 is 4.79 Å². The Morgan fingerprint density at radius 1 is 1.38 bits per heavy atom. The number of nitrogens with two attached hydrogens (primary N) is 1. The van der Waals surface area contributed by atoms with E-state index in [-0.39, 0.29) is 18.1 Å². The van der Waals surface area contributed by atoms with Gasteiger partial charge < -0.3 is 5.73 Å². The van der Waals surface area contributed by atoms with Gasteiger partial charge in [-0.05, 0) is 17.5 Å². The Balaban J connectivity index is 2.81. The van der Waals surface area contributed by atoms with Gasteiger partial charge in [0.15, 0.2) is 5.78 Å². The number of benzene rings is 1. The van der Waals surface area contributed by atoms with Crippen LogP contribution in [-0.2, 0) is 11.2 Å². The minimum Gasteiger partial charge on any atom is -0.321 e. The fourth-order valence-corrected chi connectivity index (χ4v) is 1.75. The Hall–Kier alpha value is -0.570. The predicted molar refractivity (Wildman–Crippen MR) is 68.0 cm³/mol. The Labute approximate surface area is 106 Å². The van der Waals surface area contributed by atoms with Crippen LogP contribution in [0.25, 0.3) is 0 Å². The lowest BCUT2D eigenvalue weighted by Crippen LogP contribution is -2.36. The molecule has 0 radical (unpaired) electrons. The molecule has 1 rings (SSSR count). The summed E-state index contributed by atoms with van der Waals surface area (Å²) in [6.45, 7) is 3.84. The molecule has 0 aromatic heterocycles. The van der Waals surface area contributed by atoms with Crippen LogP contribution in [0.5, 0.6) is 0 Å². The summed E-state index contributed by atoms with van der Waals surface area (Å²) in [6, 6.07) is 4.81. The van der Waals surface area contributed by atoms with E-state index in [1.807, 2.05) is 13.8 Å². The summed E-state index contributed by atoms with van der Waals surface area (Å²) in [5.41, 5.74) is 6.50. The van der Waals surface area contributed by atoms with Crippen LogP contribution in [0, 0.1) is 5.92 Å². The van der Waals surface area contributed by atoms with Gasteiger partial charge in [0, 0.05) is 6.42 Å². The van der Waals surface area contributed by atoms with Gasteiger partial charge >= 0.3 is 0 Å². The first-order chi connectivity index (χ1) is 7.43. The first-order valence-electron chi connectivity index (χ1n) is 5.14. The molecule has 1 atom stereocenters. The van der Waals surface area contributed by atoms with E-state index < -0.39 is 6.04 Å². The van der Waals surface area contributed by atoms with E-state index in [0.717, 1.165) is 5.56 Å². The molecule has 1 aromatic carbocycles. The highest BCUT2D eigenvalue weighted by Gasteiger charge is 2.18. The van der Waals surface area contributed by atoms with E-state index in [4.69, 9.17) is 28.9 Å². The van der Waals surface area contributed by atoms with Gasteiger partial charge in [-0.15, -0.1) is 0 Å². The maximum atomic E-state index is 11.8. The highest BCUT2D eigenvalue weighted by molar-refractivity contribution is 6.42. The van der Waals surface area contributed by atoms with Crippen LogP contribution in [0.1, 0.15) is 19.4 Å². The number of rotatable bonds is 4. The summed E-state index contributed by atoms with van der Waals surface area (Å²) in [5, 5.41) is 0.901. The van der Waals surface area contributed by atoms with Crippen LogP contribution in [0.15, 0.2) is 18.2 Å². The van der Waals surface area contributed by atoms with E-state index >= 15 is 0 Å². The second-order valence-corrected chi connectivity index (χ2v) is 4.91. The molecule has 1 aromatic rings. The summed E-state index contributed by atoms with van der Waals surface area (Å²) in [7, 11) is 0. The van der Waals surface area contributed by atoms with Gasteiger partial charge in [-0.25, -0.2) is 0 Å². The number of carbonyl (C=O) groups is 1. The lowest BCUT2D eigenvalue weighted by atomic mass is 9.96. The molecule has 0 bridgehead atoms. The molecule has 0 amide bonds. The Morgan fingerprint density at radius 3 is 2.56 bits per heavy atom. The van der Waals surface area contributed by atoms with Gasteiger partial charge in [-0.3, -0.25) is 4.79 Å². The van der Waals surface area contributed by atoms with Crippen molar-refractivity contribution in [2.24, 2.45) is 11.7 Å². The SMILES string of the molecule is CC(C)C(N)C(=O)Cc1cccc(Cl)c1Cl. The molecule has 1 unspecified atom stereocenters. The molecule has 0 heterocycles. The lowest BCUT2D eigenvalue weighted by Gasteiger charge is -2.14. The molecule has 88 valence electrons. The third-order valence-corrected chi connectivity index (χ3v) is 3.34. The zero-order chi connectivity index (χ0) is 12.3. The molecule has 0 aliphatic heterocycles. The smallest absolute Gasteiger partial charge is 0.154 e. The number of carbonyl (C=O) groups excluding carboxylic acids is 1. The van der Waals surface area contributed by atoms with E-state index in [0.29, 0.717) is 10.0 Å². The van der Waals surface area contributed by atoms with Crippen LogP contribution in [0.3, 0.4) is 0 Å². The molecule has 4 heteroatoms. The third-order valence-electron chi connectivity index (χ3n) is 2.49. The third kappa shape index (κ3) is 3.21. The van der Waals surface area contributed by atoms with Crippen LogP contribution in [0.2, 0.25) is 10.0 Å². The predicted octanol–water partition coefficient (Wildman–Crippen LogP) is 3.09. The minimum atomic E-state index is -0.449. The van der Waals surface area contributed by atoms with Gasteiger partial charge in [-0.2, -0.15) is 0 Å². The minimum absolute atomic E-state index is 0.0147. The summed E-state index contributed by atoms with van der Waals surface area (Å²) in [4.78, 5) is 11.8. The van der Waals surface area contributed by atoms with Crippen molar-refractivity contribution in [2.75, 3.05) is 0 Å². The Bertz CT molecular complexity index is 391. The highest BCUT2D eigenvalue weighted by atomic mass is 35.5. The maximum absolute atomic E-state index is 11.8. The molecular weight excluding hydrogens is 245 g/mol. The largest absolute Gasteiger partial charge is 0.321 e. The van der Waals surface area contributed by atoms with Gasteiger partial charge in [0.1, 0.15) is 0 Å². The fraction of sp³-hybridized carbons (Fsp3) is 0.417. The van der Waals surface area contributed by atoms with Gasteiger partial charge in [-0.1, -0.05) is 49.2 Å². The van der Waals surface area contributed by atoms with Crippen LogP contribution >= 0.6 is 23.2 Å². The molecule has 0 aliphatic rings. The average Bonchev–Trinajstić information content (AvgIpc) is 2.23. The number of hydrogen-bond acceptors (Lipinski definition) is 2. The number of hydrogen-bond donors (Lipinski definition) is 1. The highest BCUT2D eigenvalue weighted by Crippen LogP contribution is 2.26. The molecule has 0 saturated carbocycles. The monoisotopic (exact) mass is 259 g/mol. The summed E-state index contributed by atoms with van der Waals surface area (Å²) in [6.07, 6.45) is 0.235. The van der Waals surface area contributed by atoms with Crippen LogP contribution < -0.4 is 5.73 Å². The second kappa shape index (κ2) is 5.67. The summed E-state index contributed by atoms with van der Waals surface area (Å²) in [5.74, 6) is 0.115. The molecular formula is C12H15Cl2NO. The molecule has 0 aliphatic carbocycles. The van der Waals surface area contributed by atoms with Crippen molar-refractivity contribution in [3.8, 4) is 0 Å². The van der Waals surface area contributed by atoms with Crippen LogP contribution in [-0.4, -0.2) is 11.8 Å². The first kappa shape index (κ1) is 13.5. The number of Topliss-reactive ketones (excluding diaryl/α,β-unsaturated/α-hetero) is 1. The first-order valence-corrected chi connectivity index (χ1v) is 5.90. The number of ketones is 1.